The molecule has 138 valence electrons. The molecule has 0 spiro atoms. The molecule has 0 aromatic heterocycles. The molecule has 1 heterocycles. The van der Waals surface area contributed by atoms with Crippen molar-refractivity contribution in [3.8, 4) is 0 Å². The highest BCUT2D eigenvalue weighted by Gasteiger charge is 1.91. The highest BCUT2D eigenvalue weighted by molar-refractivity contribution is 5.63. The molecule has 23 heavy (non-hydrogen) atoms. The van der Waals surface area contributed by atoms with Crippen molar-refractivity contribution in [3.05, 3.63) is 0 Å². The Labute approximate surface area is 133 Å². The molecule has 0 unspecified atom stereocenters. The predicted octanol–water partition coefficient (Wildman–Crippen LogP) is 0.0441. The minimum atomic E-state index is -0.833. The summed E-state index contributed by atoms with van der Waals surface area (Å²) < 4.78 is 0. The molecule has 1 rings (SSSR count). The van der Waals surface area contributed by atoms with Crippen LogP contribution >= 0.6 is 0 Å². The van der Waals surface area contributed by atoms with E-state index in [-0.39, 0.29) is 0 Å². The molecule has 11 heteroatoms. The minimum absolute atomic E-state index is 0.833. The van der Waals surface area contributed by atoms with Gasteiger partial charge < -0.3 is 30.8 Å². The molecule has 0 radical (unpaired) electrons. The maximum atomic E-state index is 9.00. The standard InChI is InChI=1S/C2H5N.5C2H4O2/c1-2-3-1;5*1-2(3)4/h3H,1-2H2;5*1H3,(H,3,4). The van der Waals surface area contributed by atoms with E-state index < -0.39 is 29.8 Å². The summed E-state index contributed by atoms with van der Waals surface area (Å²) in [6, 6.07) is 0. The van der Waals surface area contributed by atoms with Gasteiger partial charge in [-0.2, -0.15) is 0 Å². The van der Waals surface area contributed by atoms with Gasteiger partial charge in [0.15, 0.2) is 0 Å². The Bertz CT molecular complexity index is 246. The largest absolute Gasteiger partial charge is 0.481 e. The van der Waals surface area contributed by atoms with Gasteiger partial charge in [0, 0.05) is 47.7 Å². The van der Waals surface area contributed by atoms with E-state index in [0.29, 0.717) is 0 Å². The average Bonchev–Trinajstić information content (AvgIpc) is 2.95. The smallest absolute Gasteiger partial charge is 0.300 e. The van der Waals surface area contributed by atoms with Gasteiger partial charge in [-0.15, -0.1) is 0 Å². The van der Waals surface area contributed by atoms with Crippen LogP contribution in [-0.2, 0) is 24.0 Å². The van der Waals surface area contributed by atoms with Crippen LogP contribution in [0.4, 0.5) is 0 Å². The number of carboxylic acids is 5. The number of hydrogen-bond acceptors (Lipinski definition) is 6. The van der Waals surface area contributed by atoms with Crippen molar-refractivity contribution in [2.75, 3.05) is 13.1 Å². The van der Waals surface area contributed by atoms with E-state index in [1.165, 1.54) is 13.1 Å². The summed E-state index contributed by atoms with van der Waals surface area (Å²) in [4.78, 5) is 45.0. The molecule has 1 fully saturated rings. The van der Waals surface area contributed by atoms with E-state index in [1.807, 2.05) is 0 Å². The Kier molecular flexibility index (Phi) is 38.8. The Hall–Kier alpha value is -2.69. The molecule has 6 N–H and O–H groups in total. The van der Waals surface area contributed by atoms with Crippen LogP contribution in [0, 0.1) is 0 Å². The normalized spacial score (nSPS) is 8.57. The summed E-state index contributed by atoms with van der Waals surface area (Å²) in [5, 5.41) is 40.1. The first kappa shape index (κ1) is 32.3. The molecular formula is C12H25NO10. The zero-order chi connectivity index (χ0) is 20.0. The molecule has 0 aromatic rings. The third-order valence-corrected chi connectivity index (χ3v) is 0.250. The van der Waals surface area contributed by atoms with Gasteiger partial charge in [0.05, 0.1) is 0 Å². The molecule has 1 aliphatic heterocycles. The van der Waals surface area contributed by atoms with Gasteiger partial charge in [-0.3, -0.25) is 24.0 Å². The number of nitrogens with one attached hydrogen (secondary N) is 1. The zero-order valence-electron chi connectivity index (χ0n) is 13.7. The van der Waals surface area contributed by atoms with E-state index in [0.717, 1.165) is 34.6 Å². The summed E-state index contributed by atoms with van der Waals surface area (Å²) in [6.45, 7) is 7.92. The zero-order valence-corrected chi connectivity index (χ0v) is 13.7. The fourth-order valence-electron chi connectivity index (χ4n) is 0. The monoisotopic (exact) mass is 343 g/mol. The van der Waals surface area contributed by atoms with E-state index in [4.69, 9.17) is 49.5 Å². The quantitative estimate of drug-likeness (QED) is 0.323. The molecule has 0 aliphatic carbocycles. The van der Waals surface area contributed by atoms with Crippen LogP contribution in [0.15, 0.2) is 0 Å². The van der Waals surface area contributed by atoms with Crippen molar-refractivity contribution >= 4 is 29.8 Å². The molecule has 0 aromatic carbocycles. The second kappa shape index (κ2) is 27.6. The Morgan fingerprint density at radius 1 is 0.522 bits per heavy atom. The first-order chi connectivity index (χ1) is 10.2. The van der Waals surface area contributed by atoms with Crippen molar-refractivity contribution < 1.29 is 49.5 Å². The highest BCUT2D eigenvalue weighted by atomic mass is 16.4. The van der Waals surface area contributed by atoms with Crippen molar-refractivity contribution in [2.45, 2.75) is 34.6 Å². The molecule has 0 atom stereocenters. The van der Waals surface area contributed by atoms with Crippen LogP contribution in [0.5, 0.6) is 0 Å². The summed E-state index contributed by atoms with van der Waals surface area (Å²) >= 11 is 0. The molecular weight excluding hydrogens is 318 g/mol. The van der Waals surface area contributed by atoms with Crippen molar-refractivity contribution in [1.82, 2.24) is 5.32 Å². The lowest BCUT2D eigenvalue weighted by molar-refractivity contribution is -0.135. The second-order valence-electron chi connectivity index (χ2n) is 3.35. The van der Waals surface area contributed by atoms with E-state index >= 15 is 0 Å². The van der Waals surface area contributed by atoms with Crippen LogP contribution in [-0.4, -0.2) is 68.5 Å². The third-order valence-electron chi connectivity index (χ3n) is 0.250. The van der Waals surface area contributed by atoms with Gasteiger partial charge in [0.2, 0.25) is 0 Å². The lowest BCUT2D eigenvalue weighted by Gasteiger charge is -1.59. The molecule has 11 nitrogen and oxygen atoms in total. The fraction of sp³-hybridized carbons (Fsp3) is 0.583. The van der Waals surface area contributed by atoms with Crippen molar-refractivity contribution in [1.29, 1.82) is 0 Å². The van der Waals surface area contributed by atoms with Gasteiger partial charge in [-0.05, 0) is 0 Å². The molecule has 0 amide bonds. The lowest BCUT2D eigenvalue weighted by Crippen LogP contribution is -1.78. The van der Waals surface area contributed by atoms with Crippen LogP contribution in [0.25, 0.3) is 0 Å². The lowest BCUT2D eigenvalue weighted by atomic mass is 10.9. The van der Waals surface area contributed by atoms with Gasteiger partial charge in [0.1, 0.15) is 0 Å². The van der Waals surface area contributed by atoms with Gasteiger partial charge >= 0.3 is 0 Å². The Balaban J connectivity index is -0.0000000564. The molecule has 0 bridgehead atoms. The highest BCUT2D eigenvalue weighted by Crippen LogP contribution is 1.65. The first-order valence-electron chi connectivity index (χ1n) is 5.85. The van der Waals surface area contributed by atoms with Crippen LogP contribution < -0.4 is 5.32 Å². The summed E-state index contributed by atoms with van der Waals surface area (Å²) in [5.41, 5.74) is 0. The minimum Gasteiger partial charge on any atom is -0.481 e. The number of carbonyl (C=O) groups is 5. The third kappa shape index (κ3) is 2030. The summed E-state index contributed by atoms with van der Waals surface area (Å²) in [5.74, 6) is -4.17. The van der Waals surface area contributed by atoms with Gasteiger partial charge in [0.25, 0.3) is 29.8 Å². The van der Waals surface area contributed by atoms with Crippen LogP contribution in [0.1, 0.15) is 34.6 Å². The van der Waals surface area contributed by atoms with E-state index in [2.05, 4.69) is 5.32 Å². The van der Waals surface area contributed by atoms with Crippen molar-refractivity contribution in [3.63, 3.8) is 0 Å². The number of aliphatic carboxylic acids is 5. The topological polar surface area (TPSA) is 208 Å². The maximum Gasteiger partial charge on any atom is 0.300 e. The van der Waals surface area contributed by atoms with Crippen molar-refractivity contribution in [2.24, 2.45) is 0 Å². The molecule has 1 aliphatic rings. The Morgan fingerprint density at radius 3 is 0.565 bits per heavy atom. The van der Waals surface area contributed by atoms with Gasteiger partial charge in [-0.1, -0.05) is 0 Å². The van der Waals surface area contributed by atoms with E-state index in [1.54, 1.807) is 0 Å². The first-order valence-corrected chi connectivity index (χ1v) is 5.85. The molecule has 0 saturated carbocycles. The van der Waals surface area contributed by atoms with E-state index in [9.17, 15) is 0 Å². The Morgan fingerprint density at radius 2 is 0.565 bits per heavy atom. The maximum absolute atomic E-state index is 9.00. The average molecular weight is 343 g/mol. The number of carboxylic acid groups (broad SMARTS) is 5. The van der Waals surface area contributed by atoms with Crippen LogP contribution in [0.2, 0.25) is 0 Å². The van der Waals surface area contributed by atoms with Gasteiger partial charge in [-0.25, -0.2) is 0 Å². The number of rotatable bonds is 0. The second-order valence-corrected chi connectivity index (χ2v) is 3.35. The summed E-state index contributed by atoms with van der Waals surface area (Å²) in [6.07, 6.45) is 0. The predicted molar refractivity (Wildman–Crippen MR) is 79.4 cm³/mol. The van der Waals surface area contributed by atoms with Crippen LogP contribution in [0.3, 0.4) is 0 Å². The summed E-state index contributed by atoms with van der Waals surface area (Å²) in [7, 11) is 0. The molecule has 1 saturated heterocycles. The number of hydrogen-bond donors (Lipinski definition) is 6. The SMILES string of the molecule is C1CN1.CC(=O)O.CC(=O)O.CC(=O)O.CC(=O)O.CC(=O)O. The fourth-order valence-corrected chi connectivity index (χ4v) is 0.